The summed E-state index contributed by atoms with van der Waals surface area (Å²) in [7, 11) is 0. The number of nitrogens with two attached hydrogens (primary N) is 1. The summed E-state index contributed by atoms with van der Waals surface area (Å²) in [6.45, 7) is 5.93. The molecule has 0 spiro atoms. The molecule has 0 aliphatic heterocycles. The largest absolute Gasteiger partial charge is 0.461 e. The maximum atomic E-state index is 10.2. The van der Waals surface area contributed by atoms with Crippen LogP contribution >= 0.6 is 0 Å². The van der Waals surface area contributed by atoms with Crippen LogP contribution in [0.3, 0.4) is 0 Å². The van der Waals surface area contributed by atoms with E-state index in [-0.39, 0.29) is 13.2 Å². The Morgan fingerprint density at radius 3 is 2.54 bits per heavy atom. The van der Waals surface area contributed by atoms with Crippen LogP contribution in [0.2, 0.25) is 0 Å². The van der Waals surface area contributed by atoms with Gasteiger partial charge in [0, 0.05) is 6.61 Å². The molecule has 0 aliphatic rings. The Balaban J connectivity index is 0. The minimum atomic E-state index is -0.398. The van der Waals surface area contributed by atoms with Crippen molar-refractivity contribution in [3.05, 3.63) is 12.7 Å². The van der Waals surface area contributed by atoms with Crippen LogP contribution in [0.15, 0.2) is 12.7 Å². The Labute approximate surface area is 79.4 Å². The lowest BCUT2D eigenvalue weighted by Gasteiger charge is -1.94. The van der Waals surface area contributed by atoms with Gasteiger partial charge in [0.1, 0.15) is 6.61 Å². The number of aliphatic hydroxyl groups is 1. The Morgan fingerprint density at radius 1 is 1.69 bits per heavy atom. The highest BCUT2D eigenvalue weighted by molar-refractivity contribution is 5.71. The van der Waals surface area contributed by atoms with Crippen molar-refractivity contribution in [1.29, 1.82) is 0 Å². The molecule has 0 fully saturated rings. The topological polar surface area (TPSA) is 72.5 Å². The van der Waals surface area contributed by atoms with Crippen LogP contribution in [0.5, 0.6) is 0 Å². The van der Waals surface area contributed by atoms with E-state index >= 15 is 0 Å². The number of carbonyl (C=O) groups excluding carboxylic acids is 1. The molecule has 3 N–H and O–H groups in total. The molecule has 4 nitrogen and oxygen atoms in total. The first kappa shape index (κ1) is 14.6. The number of aliphatic hydroxyl groups excluding tert-OH is 1. The van der Waals surface area contributed by atoms with Gasteiger partial charge in [0.25, 0.3) is 0 Å². The van der Waals surface area contributed by atoms with E-state index in [4.69, 9.17) is 10.8 Å². The third kappa shape index (κ3) is 18.2. The Hall–Kier alpha value is -0.870. The molecule has 78 valence electrons. The number of hydrogen-bond donors (Lipinski definition) is 2. The van der Waals surface area contributed by atoms with Gasteiger partial charge in [-0.15, -0.1) is 0 Å². The Kier molecular flexibility index (Phi) is 15.4. The molecular formula is C9H19NO3. The third-order valence-electron chi connectivity index (χ3n) is 1.04. The molecule has 0 aromatic rings. The molecule has 0 aromatic heterocycles. The molecule has 0 aliphatic carbocycles. The summed E-state index contributed by atoms with van der Waals surface area (Å²) in [5.41, 5.74) is 4.90. The van der Waals surface area contributed by atoms with Gasteiger partial charge in [-0.3, -0.25) is 4.79 Å². The fraction of sp³-hybridized carbons (Fsp3) is 0.667. The van der Waals surface area contributed by atoms with Gasteiger partial charge < -0.3 is 15.6 Å². The molecule has 0 saturated carbocycles. The molecule has 0 unspecified atom stereocenters. The summed E-state index contributed by atoms with van der Waals surface area (Å²) >= 11 is 0. The van der Waals surface area contributed by atoms with Crippen LogP contribution in [0, 0.1) is 0 Å². The lowest BCUT2D eigenvalue weighted by atomic mass is 10.4. The van der Waals surface area contributed by atoms with Crippen molar-refractivity contribution in [2.45, 2.75) is 19.8 Å². The first-order chi connectivity index (χ1) is 6.22. The Morgan fingerprint density at radius 2 is 2.31 bits per heavy atom. The second-order valence-electron chi connectivity index (χ2n) is 2.25. The maximum Gasteiger partial charge on any atom is 0.320 e. The average Bonchev–Trinajstić information content (AvgIpc) is 2.16. The van der Waals surface area contributed by atoms with E-state index in [0.717, 1.165) is 12.8 Å². The number of ether oxygens (including phenoxy) is 1. The van der Waals surface area contributed by atoms with Crippen molar-refractivity contribution in [3.8, 4) is 0 Å². The predicted molar refractivity (Wildman–Crippen MR) is 52.2 cm³/mol. The van der Waals surface area contributed by atoms with Crippen molar-refractivity contribution < 1.29 is 14.6 Å². The summed E-state index contributed by atoms with van der Waals surface area (Å²) in [5, 5.41) is 8.07. The normalized spacial score (nSPS) is 8.23. The van der Waals surface area contributed by atoms with Crippen LogP contribution in [-0.2, 0) is 9.53 Å². The SMILES string of the molecule is C=CCOC(=O)CN.CCCCO. The predicted octanol–water partition coefficient (Wildman–Crippen LogP) is 0.453. The number of carbonyl (C=O) groups is 1. The number of esters is 1. The Bertz CT molecular complexity index is 124. The molecule has 0 aromatic carbocycles. The van der Waals surface area contributed by atoms with Crippen LogP contribution in [0.1, 0.15) is 19.8 Å². The van der Waals surface area contributed by atoms with E-state index in [9.17, 15) is 4.79 Å². The van der Waals surface area contributed by atoms with Gasteiger partial charge in [0.2, 0.25) is 0 Å². The van der Waals surface area contributed by atoms with E-state index < -0.39 is 5.97 Å². The fourth-order valence-corrected chi connectivity index (χ4v) is 0.369. The zero-order valence-corrected chi connectivity index (χ0v) is 8.16. The summed E-state index contributed by atoms with van der Waals surface area (Å²) in [6, 6.07) is 0. The van der Waals surface area contributed by atoms with Gasteiger partial charge in [-0.2, -0.15) is 0 Å². The van der Waals surface area contributed by atoms with Crippen LogP contribution in [0.25, 0.3) is 0 Å². The van der Waals surface area contributed by atoms with E-state index in [2.05, 4.69) is 18.2 Å². The van der Waals surface area contributed by atoms with Crippen LogP contribution in [0.4, 0.5) is 0 Å². The molecule has 0 rings (SSSR count). The van der Waals surface area contributed by atoms with Crippen molar-refractivity contribution in [2.24, 2.45) is 5.73 Å². The quantitative estimate of drug-likeness (QED) is 0.486. The van der Waals surface area contributed by atoms with Crippen molar-refractivity contribution in [2.75, 3.05) is 19.8 Å². The maximum absolute atomic E-state index is 10.2. The lowest BCUT2D eigenvalue weighted by Crippen LogP contribution is -2.16. The molecule has 0 atom stereocenters. The lowest BCUT2D eigenvalue weighted by molar-refractivity contribution is -0.140. The van der Waals surface area contributed by atoms with Gasteiger partial charge in [-0.1, -0.05) is 26.0 Å². The van der Waals surface area contributed by atoms with E-state index in [1.54, 1.807) is 0 Å². The van der Waals surface area contributed by atoms with Crippen LogP contribution < -0.4 is 5.73 Å². The second kappa shape index (κ2) is 13.7. The fourth-order valence-electron chi connectivity index (χ4n) is 0.369. The van der Waals surface area contributed by atoms with Crippen molar-refractivity contribution in [3.63, 3.8) is 0 Å². The molecule has 13 heavy (non-hydrogen) atoms. The molecule has 0 radical (unpaired) electrons. The van der Waals surface area contributed by atoms with E-state index in [1.165, 1.54) is 6.08 Å². The molecule has 0 heterocycles. The smallest absolute Gasteiger partial charge is 0.320 e. The van der Waals surface area contributed by atoms with Gasteiger partial charge in [0.15, 0.2) is 0 Å². The first-order valence-electron chi connectivity index (χ1n) is 4.30. The summed E-state index contributed by atoms with van der Waals surface area (Å²) in [6.07, 6.45) is 3.53. The minimum Gasteiger partial charge on any atom is -0.461 e. The molecule has 0 amide bonds. The summed E-state index contributed by atoms with van der Waals surface area (Å²) in [4.78, 5) is 10.2. The summed E-state index contributed by atoms with van der Waals surface area (Å²) < 4.78 is 4.46. The van der Waals surface area contributed by atoms with Gasteiger partial charge >= 0.3 is 5.97 Å². The monoisotopic (exact) mass is 189 g/mol. The molecule has 4 heteroatoms. The van der Waals surface area contributed by atoms with Crippen molar-refractivity contribution in [1.82, 2.24) is 0 Å². The van der Waals surface area contributed by atoms with Gasteiger partial charge in [0.05, 0.1) is 6.54 Å². The standard InChI is InChI=1S/C5H9NO2.C4H10O/c1-2-3-8-5(7)4-6;1-2-3-4-5/h2H,1,3-4,6H2;5H,2-4H2,1H3. The molecule has 0 saturated heterocycles. The van der Waals surface area contributed by atoms with E-state index in [0.29, 0.717) is 6.61 Å². The van der Waals surface area contributed by atoms with Gasteiger partial charge in [-0.25, -0.2) is 0 Å². The molecular weight excluding hydrogens is 170 g/mol. The zero-order chi connectivity index (χ0) is 10.5. The highest BCUT2D eigenvalue weighted by Crippen LogP contribution is 1.78. The average molecular weight is 189 g/mol. The zero-order valence-electron chi connectivity index (χ0n) is 8.16. The molecule has 0 bridgehead atoms. The number of rotatable bonds is 5. The van der Waals surface area contributed by atoms with E-state index in [1.807, 2.05) is 0 Å². The highest BCUT2D eigenvalue weighted by Gasteiger charge is 1.92. The number of unbranched alkanes of at least 4 members (excludes halogenated alkanes) is 1. The van der Waals surface area contributed by atoms with Gasteiger partial charge in [-0.05, 0) is 6.42 Å². The second-order valence-corrected chi connectivity index (χ2v) is 2.25. The minimum absolute atomic E-state index is 0.0617. The highest BCUT2D eigenvalue weighted by atomic mass is 16.5. The first-order valence-corrected chi connectivity index (χ1v) is 4.30. The van der Waals surface area contributed by atoms with Crippen LogP contribution in [-0.4, -0.2) is 30.8 Å². The third-order valence-corrected chi connectivity index (χ3v) is 1.04. The summed E-state index contributed by atoms with van der Waals surface area (Å²) in [5.74, 6) is -0.398. The van der Waals surface area contributed by atoms with Crippen molar-refractivity contribution >= 4 is 5.97 Å². The number of hydrogen-bond acceptors (Lipinski definition) is 4.